The summed E-state index contributed by atoms with van der Waals surface area (Å²) in [5, 5.41) is 4.88. The molecule has 0 bridgehead atoms. The topological polar surface area (TPSA) is 9.23 Å². The van der Waals surface area contributed by atoms with E-state index in [9.17, 15) is 0 Å². The molecule has 1 heterocycles. The molecule has 0 unspecified atom stereocenters. The fourth-order valence-electron chi connectivity index (χ4n) is 5.85. The maximum atomic E-state index is 7.56. The first kappa shape index (κ1) is 23.1. The van der Waals surface area contributed by atoms with Crippen LogP contribution in [0.4, 0.5) is 0 Å². The van der Waals surface area contributed by atoms with Crippen LogP contribution in [0.3, 0.4) is 0 Å². The molecule has 0 aromatic carbocycles. The predicted molar refractivity (Wildman–Crippen MR) is 115 cm³/mol. The first-order valence-electron chi connectivity index (χ1n) is 11.0. The second-order valence-electron chi connectivity index (χ2n) is 9.08. The average Bonchev–Trinajstić information content (AvgIpc) is 2.58. The monoisotopic (exact) mass is 462 g/mol. The van der Waals surface area contributed by atoms with E-state index in [4.69, 9.17) is 3.76 Å². The van der Waals surface area contributed by atoms with Gasteiger partial charge >= 0.3 is 158 Å². The van der Waals surface area contributed by atoms with Crippen LogP contribution in [-0.4, -0.2) is 28.5 Å². The summed E-state index contributed by atoms with van der Waals surface area (Å²) in [6.07, 6.45) is 9.56. The van der Waals surface area contributed by atoms with Crippen molar-refractivity contribution in [1.82, 2.24) is 0 Å². The van der Waals surface area contributed by atoms with Crippen molar-refractivity contribution in [3.63, 3.8) is 0 Å². The molecule has 0 aromatic rings. The Hall–Kier alpha value is 1.05. The summed E-state index contributed by atoms with van der Waals surface area (Å²) in [6.45, 7) is 19.8. The Morgan fingerprint density at radius 1 is 0.833 bits per heavy atom. The number of hydrogen-bond acceptors (Lipinski definition) is 1. The van der Waals surface area contributed by atoms with Gasteiger partial charge in [-0.25, -0.2) is 0 Å². The van der Waals surface area contributed by atoms with Gasteiger partial charge in [-0.05, 0) is 0 Å². The van der Waals surface area contributed by atoms with Gasteiger partial charge in [-0.15, -0.1) is 0 Å². The van der Waals surface area contributed by atoms with E-state index in [1.165, 1.54) is 44.9 Å². The molecule has 0 aliphatic carbocycles. The van der Waals surface area contributed by atoms with Gasteiger partial charge in [0.25, 0.3) is 0 Å². The van der Waals surface area contributed by atoms with Gasteiger partial charge in [-0.1, -0.05) is 0 Å². The third-order valence-corrected chi connectivity index (χ3v) is 67.6. The summed E-state index contributed by atoms with van der Waals surface area (Å²) in [5.74, 6) is 0. The van der Waals surface area contributed by atoms with E-state index in [1.54, 1.807) is 15.8 Å². The molecule has 0 aromatic heterocycles. The first-order chi connectivity index (χ1) is 11.3. The van der Waals surface area contributed by atoms with Crippen LogP contribution in [0.1, 0.15) is 100 Å². The summed E-state index contributed by atoms with van der Waals surface area (Å²) >= 11 is -4.28. The second-order valence-corrected chi connectivity index (χ2v) is 46.3. The average molecular weight is 460 g/mol. The van der Waals surface area contributed by atoms with Crippen molar-refractivity contribution in [3.05, 3.63) is 0 Å². The maximum absolute atomic E-state index is 7.56. The molecular weight excluding hydrogens is 413 g/mol. The van der Waals surface area contributed by atoms with Gasteiger partial charge < -0.3 is 0 Å². The van der Waals surface area contributed by atoms with E-state index < -0.39 is 22.9 Å². The molecule has 144 valence electrons. The van der Waals surface area contributed by atoms with Crippen molar-refractivity contribution in [1.29, 1.82) is 0 Å². The number of unbranched alkanes of at least 4 members (excludes halogenated alkanes) is 2. The van der Waals surface area contributed by atoms with Crippen LogP contribution < -0.4 is 0 Å². The number of hydrogen-bond donors (Lipinski definition) is 0. The molecule has 1 rings (SSSR count). The fraction of sp³-hybridized carbons (Fsp3) is 1.00. The van der Waals surface area contributed by atoms with E-state index in [0.717, 1.165) is 9.50 Å². The number of rotatable bonds is 10. The Morgan fingerprint density at radius 2 is 1.29 bits per heavy atom. The van der Waals surface area contributed by atoms with Crippen LogP contribution in [0, 0.1) is 0 Å². The standard InChI is InChI=1S/C21H46Ge2O/c1-9-13-16-22(17-14-10-2)18-15-21(11-3,12-4)24-23(22,19(5)6)20(7)8/h19-20H,9-18H2,1-8H3. The van der Waals surface area contributed by atoms with Crippen molar-refractivity contribution >= 4 is 22.9 Å². The van der Waals surface area contributed by atoms with Crippen molar-refractivity contribution in [2.75, 3.05) is 0 Å². The van der Waals surface area contributed by atoms with Crippen LogP contribution in [0.25, 0.3) is 0 Å². The Kier molecular flexibility index (Phi) is 9.45. The van der Waals surface area contributed by atoms with Crippen molar-refractivity contribution in [3.8, 4) is 0 Å². The van der Waals surface area contributed by atoms with Gasteiger partial charge in [0.05, 0.1) is 0 Å². The molecule has 3 heteroatoms. The molecule has 0 amide bonds. The molecule has 0 N–H and O–H groups in total. The molecule has 0 radical (unpaired) electrons. The minimum absolute atomic E-state index is 0.238. The van der Waals surface area contributed by atoms with E-state index in [2.05, 4.69) is 55.4 Å². The van der Waals surface area contributed by atoms with Crippen LogP contribution in [0.2, 0.25) is 25.3 Å². The first-order valence-corrected chi connectivity index (χ1v) is 25.2. The molecule has 1 aliphatic heterocycles. The summed E-state index contributed by atoms with van der Waals surface area (Å²) in [7, 11) is 0. The molecular formula is C21H46Ge2O. The van der Waals surface area contributed by atoms with Crippen molar-refractivity contribution < 1.29 is 3.76 Å². The Balaban J connectivity index is 3.40. The molecule has 0 saturated carbocycles. The Labute approximate surface area is 157 Å². The van der Waals surface area contributed by atoms with Gasteiger partial charge in [0.1, 0.15) is 0 Å². The normalized spacial score (nSPS) is 22.2. The van der Waals surface area contributed by atoms with Gasteiger partial charge in [0, 0.05) is 0 Å². The van der Waals surface area contributed by atoms with Gasteiger partial charge in [0.2, 0.25) is 0 Å². The third-order valence-electron chi connectivity index (χ3n) is 7.30. The zero-order valence-corrected chi connectivity index (χ0v) is 22.3. The Bertz CT molecular complexity index is 345. The summed E-state index contributed by atoms with van der Waals surface area (Å²) < 4.78 is 9.25. The Morgan fingerprint density at radius 3 is 1.62 bits per heavy atom. The quantitative estimate of drug-likeness (QED) is 0.302. The molecule has 0 spiro atoms. The molecule has 1 saturated heterocycles. The van der Waals surface area contributed by atoms with Crippen LogP contribution in [-0.2, 0) is 3.76 Å². The van der Waals surface area contributed by atoms with E-state index in [0.29, 0.717) is 0 Å². The second kappa shape index (κ2) is 9.83. The van der Waals surface area contributed by atoms with Gasteiger partial charge in [-0.2, -0.15) is 0 Å². The summed E-state index contributed by atoms with van der Waals surface area (Å²) in [6, 6.07) is 0. The zero-order chi connectivity index (χ0) is 18.4. The molecule has 1 nitrogen and oxygen atoms in total. The predicted octanol–water partition coefficient (Wildman–Crippen LogP) is 7.86. The minimum atomic E-state index is -2.35. The van der Waals surface area contributed by atoms with Crippen LogP contribution in [0.5, 0.6) is 0 Å². The van der Waals surface area contributed by atoms with Gasteiger partial charge in [-0.3, -0.25) is 0 Å². The van der Waals surface area contributed by atoms with Crippen molar-refractivity contribution in [2.24, 2.45) is 0 Å². The molecule has 1 fully saturated rings. The van der Waals surface area contributed by atoms with Crippen LogP contribution >= 0.6 is 0 Å². The summed E-state index contributed by atoms with van der Waals surface area (Å²) in [5.41, 5.74) is 0.238. The fourth-order valence-corrected chi connectivity index (χ4v) is 77.3. The van der Waals surface area contributed by atoms with E-state index in [-0.39, 0.29) is 5.60 Å². The third kappa shape index (κ3) is 4.30. The van der Waals surface area contributed by atoms with E-state index >= 15 is 0 Å². The van der Waals surface area contributed by atoms with Gasteiger partial charge in [0.15, 0.2) is 0 Å². The SMILES string of the molecule is CCC[CH2][Ge]1([CH2]CCC)[CH2]CC(CC)(CC)[O][Ge]1([CH](C)C)[CH](C)C. The summed E-state index contributed by atoms with van der Waals surface area (Å²) in [4.78, 5) is 0. The molecule has 0 atom stereocenters. The zero-order valence-electron chi connectivity index (χ0n) is 18.1. The van der Waals surface area contributed by atoms with E-state index in [1.807, 2.05) is 0 Å². The van der Waals surface area contributed by atoms with Crippen molar-refractivity contribution in [2.45, 2.75) is 131 Å². The molecule has 1 aliphatic rings. The molecule has 24 heavy (non-hydrogen) atoms. The van der Waals surface area contributed by atoms with Crippen LogP contribution in [0.15, 0.2) is 0 Å².